The number of carbonyl (C=O) groups excluding carboxylic acids is 1. The van der Waals surface area contributed by atoms with Gasteiger partial charge in [-0.05, 0) is 49.7 Å². The van der Waals surface area contributed by atoms with E-state index in [1.54, 1.807) is 15.8 Å². The number of hydrogen-bond donors (Lipinski definition) is 1. The lowest BCUT2D eigenvalue weighted by molar-refractivity contribution is -0.151. The highest BCUT2D eigenvalue weighted by Gasteiger charge is 2.45. The maximum absolute atomic E-state index is 13.6. The quantitative estimate of drug-likeness (QED) is 0.840. The standard InChI is InChI=1S/C19H22F2N4O2.ClH/c20-15-3-2-14(12-16(15)21)17-13-24(10-11-27-17)18(26)19(4-7-22-8-5-19)25-9-1-6-23-25;/h1-3,6,9,12,17,22H,4-5,7-8,10-11,13H2;1H. The predicted octanol–water partition coefficient (Wildman–Crippen LogP) is 2.26. The van der Waals surface area contributed by atoms with Gasteiger partial charge in [0.1, 0.15) is 11.6 Å². The van der Waals surface area contributed by atoms with E-state index in [2.05, 4.69) is 10.4 Å². The normalized spacial score (nSPS) is 21.8. The minimum atomic E-state index is -0.911. The topological polar surface area (TPSA) is 59.4 Å². The smallest absolute Gasteiger partial charge is 0.250 e. The van der Waals surface area contributed by atoms with Crippen molar-refractivity contribution in [3.05, 3.63) is 53.9 Å². The molecule has 2 aromatic rings. The molecule has 1 N–H and O–H groups in total. The molecular formula is C19H23ClF2N4O2. The number of nitrogens with one attached hydrogen (secondary N) is 1. The highest BCUT2D eigenvalue weighted by molar-refractivity contribution is 5.85. The number of aromatic nitrogens is 2. The van der Waals surface area contributed by atoms with E-state index in [-0.39, 0.29) is 18.3 Å². The number of rotatable bonds is 3. The molecule has 1 amide bonds. The number of benzene rings is 1. The first-order valence-corrected chi connectivity index (χ1v) is 9.17. The van der Waals surface area contributed by atoms with Crippen LogP contribution in [0.4, 0.5) is 8.78 Å². The SMILES string of the molecule is Cl.O=C(N1CCOC(c2ccc(F)c(F)c2)C1)C1(n2cccn2)CCNCC1. The number of nitrogens with zero attached hydrogens (tertiary/aromatic N) is 3. The van der Waals surface area contributed by atoms with Crippen molar-refractivity contribution in [2.24, 2.45) is 0 Å². The monoisotopic (exact) mass is 412 g/mol. The Bertz CT molecular complexity index is 812. The number of carbonyl (C=O) groups is 1. The zero-order valence-corrected chi connectivity index (χ0v) is 16.1. The van der Waals surface area contributed by atoms with Crippen molar-refractivity contribution in [3.63, 3.8) is 0 Å². The highest BCUT2D eigenvalue weighted by atomic mass is 35.5. The third-order valence-electron chi connectivity index (χ3n) is 5.44. The lowest BCUT2D eigenvalue weighted by atomic mass is 9.86. The third-order valence-corrected chi connectivity index (χ3v) is 5.44. The molecule has 1 atom stereocenters. The minimum Gasteiger partial charge on any atom is -0.370 e. The van der Waals surface area contributed by atoms with Crippen molar-refractivity contribution in [1.82, 2.24) is 20.0 Å². The average molecular weight is 413 g/mol. The second-order valence-corrected chi connectivity index (χ2v) is 7.02. The lowest BCUT2D eigenvalue weighted by Crippen LogP contribution is -2.57. The Hall–Kier alpha value is -2.03. The fraction of sp³-hybridized carbons (Fsp3) is 0.474. The van der Waals surface area contributed by atoms with E-state index in [0.717, 1.165) is 25.2 Å². The van der Waals surface area contributed by atoms with Crippen LogP contribution in [-0.2, 0) is 15.1 Å². The molecule has 152 valence electrons. The maximum Gasteiger partial charge on any atom is 0.250 e. The Morgan fingerprint density at radius 1 is 1.25 bits per heavy atom. The average Bonchev–Trinajstić information content (AvgIpc) is 3.25. The van der Waals surface area contributed by atoms with Crippen LogP contribution in [0.3, 0.4) is 0 Å². The second-order valence-electron chi connectivity index (χ2n) is 7.02. The molecule has 9 heteroatoms. The van der Waals surface area contributed by atoms with Gasteiger partial charge < -0.3 is 15.0 Å². The van der Waals surface area contributed by atoms with E-state index < -0.39 is 23.3 Å². The largest absolute Gasteiger partial charge is 0.370 e. The number of morpholine rings is 1. The molecule has 4 rings (SSSR count). The molecule has 2 aliphatic rings. The molecule has 3 heterocycles. The number of piperidine rings is 1. The molecule has 2 aliphatic heterocycles. The first-order valence-electron chi connectivity index (χ1n) is 9.17. The minimum absolute atomic E-state index is 0. The van der Waals surface area contributed by atoms with Gasteiger partial charge in [-0.3, -0.25) is 9.48 Å². The summed E-state index contributed by atoms with van der Waals surface area (Å²) in [5, 5.41) is 7.64. The van der Waals surface area contributed by atoms with Crippen molar-refractivity contribution in [2.45, 2.75) is 24.5 Å². The van der Waals surface area contributed by atoms with E-state index in [1.807, 2.05) is 12.3 Å². The maximum atomic E-state index is 13.6. The van der Waals surface area contributed by atoms with E-state index in [1.165, 1.54) is 6.07 Å². The summed E-state index contributed by atoms with van der Waals surface area (Å²) in [6.07, 6.45) is 4.34. The van der Waals surface area contributed by atoms with Crippen LogP contribution in [0.5, 0.6) is 0 Å². The van der Waals surface area contributed by atoms with Crippen molar-refractivity contribution < 1.29 is 18.3 Å². The van der Waals surface area contributed by atoms with Gasteiger partial charge in [-0.25, -0.2) is 8.78 Å². The number of amides is 1. The Labute approximate surface area is 168 Å². The van der Waals surface area contributed by atoms with E-state index in [4.69, 9.17) is 4.74 Å². The predicted molar refractivity (Wildman–Crippen MR) is 101 cm³/mol. The molecule has 0 spiro atoms. The molecule has 1 unspecified atom stereocenters. The van der Waals surface area contributed by atoms with Gasteiger partial charge in [0.05, 0.1) is 13.2 Å². The third kappa shape index (κ3) is 3.76. The Balaban J connectivity index is 0.00000225. The number of ether oxygens (including phenoxy) is 1. The second kappa shape index (κ2) is 8.55. The van der Waals surface area contributed by atoms with Crippen molar-refractivity contribution in [2.75, 3.05) is 32.8 Å². The summed E-state index contributed by atoms with van der Waals surface area (Å²) in [6.45, 7) is 2.60. The summed E-state index contributed by atoms with van der Waals surface area (Å²) < 4.78 is 34.3. The van der Waals surface area contributed by atoms with Crippen LogP contribution in [0.15, 0.2) is 36.7 Å². The lowest BCUT2D eigenvalue weighted by Gasteiger charge is -2.42. The molecule has 1 aromatic heterocycles. The summed E-state index contributed by atoms with van der Waals surface area (Å²) in [6, 6.07) is 5.56. The van der Waals surface area contributed by atoms with Crippen LogP contribution in [0.1, 0.15) is 24.5 Å². The molecule has 0 aliphatic carbocycles. The van der Waals surface area contributed by atoms with Crippen LogP contribution in [0.2, 0.25) is 0 Å². The van der Waals surface area contributed by atoms with Crippen LogP contribution in [-0.4, -0.2) is 53.4 Å². The van der Waals surface area contributed by atoms with Crippen LogP contribution in [0.25, 0.3) is 0 Å². The van der Waals surface area contributed by atoms with Gasteiger partial charge in [-0.15, -0.1) is 12.4 Å². The number of hydrogen-bond acceptors (Lipinski definition) is 4. The fourth-order valence-corrected chi connectivity index (χ4v) is 3.95. The van der Waals surface area contributed by atoms with Gasteiger partial charge in [0.25, 0.3) is 5.91 Å². The molecule has 0 saturated carbocycles. The van der Waals surface area contributed by atoms with Crippen molar-refractivity contribution in [1.29, 1.82) is 0 Å². The van der Waals surface area contributed by atoms with Gasteiger partial charge in [-0.2, -0.15) is 5.10 Å². The first-order chi connectivity index (χ1) is 13.1. The van der Waals surface area contributed by atoms with E-state index >= 15 is 0 Å². The van der Waals surface area contributed by atoms with Crippen molar-refractivity contribution in [3.8, 4) is 0 Å². The van der Waals surface area contributed by atoms with Gasteiger partial charge in [0, 0.05) is 18.9 Å². The van der Waals surface area contributed by atoms with Gasteiger partial charge in [0.2, 0.25) is 0 Å². The zero-order valence-electron chi connectivity index (χ0n) is 15.3. The summed E-state index contributed by atoms with van der Waals surface area (Å²) in [7, 11) is 0. The van der Waals surface area contributed by atoms with E-state index in [0.29, 0.717) is 38.1 Å². The Morgan fingerprint density at radius 3 is 2.71 bits per heavy atom. The Kier molecular flexibility index (Phi) is 6.32. The summed E-state index contributed by atoms with van der Waals surface area (Å²) in [5.41, 5.74) is -0.185. The van der Waals surface area contributed by atoms with Crippen LogP contribution in [0, 0.1) is 11.6 Å². The summed E-state index contributed by atoms with van der Waals surface area (Å²) in [5.74, 6) is -1.80. The van der Waals surface area contributed by atoms with Gasteiger partial charge in [0.15, 0.2) is 11.6 Å². The van der Waals surface area contributed by atoms with Crippen LogP contribution < -0.4 is 5.32 Å². The number of halogens is 3. The Morgan fingerprint density at radius 2 is 2.04 bits per heavy atom. The molecule has 2 fully saturated rings. The molecule has 2 saturated heterocycles. The molecule has 0 radical (unpaired) electrons. The molecule has 0 bridgehead atoms. The van der Waals surface area contributed by atoms with E-state index in [9.17, 15) is 13.6 Å². The molecule has 6 nitrogen and oxygen atoms in total. The molecule has 1 aromatic carbocycles. The van der Waals surface area contributed by atoms with Gasteiger partial charge in [-0.1, -0.05) is 6.07 Å². The molecule has 28 heavy (non-hydrogen) atoms. The van der Waals surface area contributed by atoms with Crippen LogP contribution >= 0.6 is 12.4 Å². The summed E-state index contributed by atoms with van der Waals surface area (Å²) >= 11 is 0. The van der Waals surface area contributed by atoms with Crippen molar-refractivity contribution >= 4 is 18.3 Å². The first kappa shape index (κ1) is 20.7. The van der Waals surface area contributed by atoms with Gasteiger partial charge >= 0.3 is 0 Å². The fourth-order valence-electron chi connectivity index (χ4n) is 3.95. The summed E-state index contributed by atoms with van der Waals surface area (Å²) in [4.78, 5) is 15.3. The molecular weight excluding hydrogens is 390 g/mol. The zero-order chi connectivity index (χ0) is 18.9. The highest BCUT2D eigenvalue weighted by Crippen LogP contribution is 2.32.